The normalized spacial score (nSPS) is 13.4. The fraction of sp³-hybridized carbons (Fsp3) is 0.240. The molecule has 0 saturated heterocycles. The zero-order valence-electron chi connectivity index (χ0n) is 17.7. The van der Waals surface area contributed by atoms with Gasteiger partial charge in [0.05, 0.1) is 13.1 Å². The standard InChI is InChI=1S/C25H25ClN2O2.ClH/c1-27(2)16-23-15-21-12-13-28(17-24(21)30-23)25(29)20-10-8-18(9-11-20)6-7-19-4-3-5-22(26)14-19;/h3-11,14-15H,12-13,16-17H2,1-2H3;1H/b7-6-;. The number of halogens is 2. The van der Waals surface area contributed by atoms with Crippen molar-refractivity contribution < 1.29 is 9.21 Å². The lowest BCUT2D eigenvalue weighted by atomic mass is 10.1. The van der Waals surface area contributed by atoms with Gasteiger partial charge in [0.25, 0.3) is 5.91 Å². The minimum atomic E-state index is 0. The summed E-state index contributed by atoms with van der Waals surface area (Å²) in [6, 6.07) is 17.5. The molecule has 0 saturated carbocycles. The lowest BCUT2D eigenvalue weighted by Crippen LogP contribution is -2.35. The Morgan fingerprint density at radius 2 is 1.84 bits per heavy atom. The molecule has 2 aromatic carbocycles. The number of furan rings is 1. The van der Waals surface area contributed by atoms with Crippen molar-refractivity contribution in [3.8, 4) is 0 Å². The van der Waals surface area contributed by atoms with E-state index in [0.717, 1.165) is 35.6 Å². The van der Waals surface area contributed by atoms with E-state index in [9.17, 15) is 4.79 Å². The molecule has 6 heteroatoms. The number of fused-ring (bicyclic) bond motifs is 1. The molecule has 1 amide bonds. The van der Waals surface area contributed by atoms with Crippen molar-refractivity contribution in [2.24, 2.45) is 0 Å². The highest BCUT2D eigenvalue weighted by Crippen LogP contribution is 2.25. The van der Waals surface area contributed by atoms with Crippen LogP contribution in [0.2, 0.25) is 5.02 Å². The van der Waals surface area contributed by atoms with E-state index in [1.54, 1.807) is 0 Å². The first-order chi connectivity index (χ1) is 14.5. The maximum atomic E-state index is 13.0. The van der Waals surface area contributed by atoms with Crippen molar-refractivity contribution in [3.05, 3.63) is 93.4 Å². The van der Waals surface area contributed by atoms with E-state index in [4.69, 9.17) is 16.0 Å². The van der Waals surface area contributed by atoms with Gasteiger partial charge in [-0.3, -0.25) is 4.79 Å². The highest BCUT2D eigenvalue weighted by atomic mass is 35.5. The van der Waals surface area contributed by atoms with Crippen LogP contribution in [-0.2, 0) is 19.5 Å². The lowest BCUT2D eigenvalue weighted by molar-refractivity contribution is 0.0718. The summed E-state index contributed by atoms with van der Waals surface area (Å²) in [5, 5.41) is 0.716. The van der Waals surface area contributed by atoms with Gasteiger partial charge in [-0.05, 0) is 67.5 Å². The van der Waals surface area contributed by atoms with Gasteiger partial charge in [-0.15, -0.1) is 12.4 Å². The summed E-state index contributed by atoms with van der Waals surface area (Å²) in [6.07, 6.45) is 4.86. The smallest absolute Gasteiger partial charge is 0.254 e. The second-order valence-corrected chi connectivity index (χ2v) is 8.32. The van der Waals surface area contributed by atoms with Crippen LogP contribution in [0.3, 0.4) is 0 Å². The molecule has 0 N–H and O–H groups in total. The first-order valence-corrected chi connectivity index (χ1v) is 10.4. The first-order valence-electron chi connectivity index (χ1n) is 10.1. The Bertz CT molecular complexity index is 1070. The van der Waals surface area contributed by atoms with Gasteiger partial charge < -0.3 is 14.2 Å². The molecule has 4 nitrogen and oxygen atoms in total. The quantitative estimate of drug-likeness (QED) is 0.456. The van der Waals surface area contributed by atoms with E-state index < -0.39 is 0 Å². The zero-order chi connectivity index (χ0) is 21.1. The van der Waals surface area contributed by atoms with Crippen LogP contribution in [0.1, 0.15) is 38.6 Å². The van der Waals surface area contributed by atoms with Crippen LogP contribution in [0.4, 0.5) is 0 Å². The van der Waals surface area contributed by atoms with E-state index in [-0.39, 0.29) is 18.3 Å². The van der Waals surface area contributed by atoms with Gasteiger partial charge in [0.1, 0.15) is 11.5 Å². The van der Waals surface area contributed by atoms with E-state index in [1.807, 2.05) is 79.7 Å². The molecule has 0 radical (unpaired) electrons. The van der Waals surface area contributed by atoms with Gasteiger partial charge in [0.2, 0.25) is 0 Å². The second kappa shape index (κ2) is 10.2. The summed E-state index contributed by atoms with van der Waals surface area (Å²) in [4.78, 5) is 16.9. The van der Waals surface area contributed by atoms with Gasteiger partial charge in [-0.1, -0.05) is 48.0 Å². The van der Waals surface area contributed by atoms with Gasteiger partial charge in [-0.2, -0.15) is 0 Å². The second-order valence-electron chi connectivity index (χ2n) is 7.89. The van der Waals surface area contributed by atoms with Crippen LogP contribution in [0.25, 0.3) is 12.2 Å². The molecule has 0 aliphatic carbocycles. The maximum absolute atomic E-state index is 13.0. The van der Waals surface area contributed by atoms with E-state index in [1.165, 1.54) is 5.56 Å². The van der Waals surface area contributed by atoms with Crippen LogP contribution in [0.5, 0.6) is 0 Å². The molecule has 2 heterocycles. The summed E-state index contributed by atoms with van der Waals surface area (Å²) < 4.78 is 5.98. The predicted octanol–water partition coefficient (Wildman–Crippen LogP) is 5.79. The number of hydrogen-bond acceptors (Lipinski definition) is 3. The summed E-state index contributed by atoms with van der Waals surface area (Å²) in [5.74, 6) is 1.90. The molecule has 4 rings (SSSR count). The van der Waals surface area contributed by atoms with Crippen molar-refractivity contribution >= 4 is 42.1 Å². The van der Waals surface area contributed by atoms with Crippen LogP contribution in [0.15, 0.2) is 59.0 Å². The third-order valence-corrected chi connectivity index (χ3v) is 5.40. The average Bonchev–Trinajstić information content (AvgIpc) is 3.13. The summed E-state index contributed by atoms with van der Waals surface area (Å²) in [6.45, 7) is 2.01. The third-order valence-electron chi connectivity index (χ3n) is 5.17. The Balaban J connectivity index is 0.00000272. The third kappa shape index (κ3) is 5.79. The van der Waals surface area contributed by atoms with Crippen molar-refractivity contribution in [1.82, 2.24) is 9.80 Å². The van der Waals surface area contributed by atoms with Gasteiger partial charge >= 0.3 is 0 Å². The van der Waals surface area contributed by atoms with Crippen molar-refractivity contribution in [2.75, 3.05) is 20.6 Å². The first kappa shape index (κ1) is 23.1. The van der Waals surface area contributed by atoms with Crippen molar-refractivity contribution in [3.63, 3.8) is 0 Å². The zero-order valence-corrected chi connectivity index (χ0v) is 19.2. The van der Waals surface area contributed by atoms with Crippen molar-refractivity contribution in [2.45, 2.75) is 19.5 Å². The van der Waals surface area contributed by atoms with Crippen LogP contribution >= 0.6 is 24.0 Å². The van der Waals surface area contributed by atoms with Crippen LogP contribution in [-0.4, -0.2) is 36.3 Å². The molecular formula is C25H26Cl2N2O2. The summed E-state index contributed by atoms with van der Waals surface area (Å²) in [5.41, 5.74) is 3.99. The SMILES string of the molecule is CN(C)Cc1cc2c(o1)CN(C(=O)c1ccc(/C=C\c3cccc(Cl)c3)cc1)CC2.Cl. The highest BCUT2D eigenvalue weighted by Gasteiger charge is 2.25. The van der Waals surface area contributed by atoms with E-state index in [0.29, 0.717) is 23.7 Å². The molecule has 0 spiro atoms. The minimum Gasteiger partial charge on any atom is -0.463 e. The molecule has 1 aromatic heterocycles. The monoisotopic (exact) mass is 456 g/mol. The van der Waals surface area contributed by atoms with E-state index >= 15 is 0 Å². The largest absolute Gasteiger partial charge is 0.463 e. The Morgan fingerprint density at radius 1 is 1.10 bits per heavy atom. The number of rotatable bonds is 5. The van der Waals surface area contributed by atoms with Crippen molar-refractivity contribution in [1.29, 1.82) is 0 Å². The molecule has 0 atom stereocenters. The molecule has 1 aliphatic heterocycles. The fourth-order valence-electron chi connectivity index (χ4n) is 3.67. The maximum Gasteiger partial charge on any atom is 0.254 e. The molecule has 0 fully saturated rings. The molecule has 0 unspecified atom stereocenters. The predicted molar refractivity (Wildman–Crippen MR) is 129 cm³/mol. The lowest BCUT2D eigenvalue weighted by Gasteiger charge is -2.26. The number of carbonyl (C=O) groups excluding carboxylic acids is 1. The molecule has 0 bridgehead atoms. The summed E-state index contributed by atoms with van der Waals surface area (Å²) >= 11 is 6.03. The average molecular weight is 457 g/mol. The number of amides is 1. The van der Waals surface area contributed by atoms with Crippen LogP contribution < -0.4 is 0 Å². The van der Waals surface area contributed by atoms with E-state index in [2.05, 4.69) is 11.0 Å². The molecule has 3 aromatic rings. The Labute approximate surface area is 194 Å². The topological polar surface area (TPSA) is 36.7 Å². The number of hydrogen-bond donors (Lipinski definition) is 0. The summed E-state index contributed by atoms with van der Waals surface area (Å²) in [7, 11) is 4.04. The van der Waals surface area contributed by atoms with Gasteiger partial charge in [0, 0.05) is 17.1 Å². The molecule has 1 aliphatic rings. The van der Waals surface area contributed by atoms with Gasteiger partial charge in [0.15, 0.2) is 0 Å². The fourth-order valence-corrected chi connectivity index (χ4v) is 3.87. The Hall–Kier alpha value is -2.53. The number of nitrogens with zero attached hydrogens (tertiary/aromatic N) is 2. The number of carbonyl (C=O) groups is 1. The molecular weight excluding hydrogens is 431 g/mol. The molecule has 162 valence electrons. The van der Waals surface area contributed by atoms with Gasteiger partial charge in [-0.25, -0.2) is 0 Å². The Morgan fingerprint density at radius 3 is 2.55 bits per heavy atom. The minimum absolute atomic E-state index is 0. The number of benzene rings is 2. The highest BCUT2D eigenvalue weighted by molar-refractivity contribution is 6.30. The molecule has 31 heavy (non-hydrogen) atoms. The Kier molecular flexibility index (Phi) is 7.60. The van der Waals surface area contributed by atoms with Crippen LogP contribution in [0, 0.1) is 0 Å².